The quantitative estimate of drug-likeness (QED) is 0.684. The molecule has 0 atom stereocenters. The summed E-state index contributed by atoms with van der Waals surface area (Å²) < 4.78 is 3.18. The van der Waals surface area contributed by atoms with Gasteiger partial charge in [-0.1, -0.05) is 0 Å². The van der Waals surface area contributed by atoms with E-state index in [9.17, 15) is 14.4 Å². The number of rotatable bonds is 3. The van der Waals surface area contributed by atoms with Crippen molar-refractivity contribution in [2.45, 2.75) is 39.2 Å². The number of fused-ring (bicyclic) bond motifs is 1. The Morgan fingerprint density at radius 2 is 2.04 bits per heavy atom. The summed E-state index contributed by atoms with van der Waals surface area (Å²) in [5, 5.41) is 9.32. The van der Waals surface area contributed by atoms with E-state index in [1.165, 1.54) is 16.8 Å². The Bertz CT molecular complexity index is 1110. The van der Waals surface area contributed by atoms with Crippen molar-refractivity contribution >= 4 is 11.6 Å². The van der Waals surface area contributed by atoms with Crippen LogP contribution < -0.4 is 11.2 Å². The molecule has 1 aliphatic heterocycles. The number of aromatic amines is 2. The van der Waals surface area contributed by atoms with E-state index in [4.69, 9.17) is 0 Å². The number of piperidine rings is 1. The van der Waals surface area contributed by atoms with Gasteiger partial charge >= 0.3 is 5.69 Å². The number of carbonyl (C=O) groups is 1. The minimum atomic E-state index is -0.253. The molecule has 0 spiro atoms. The van der Waals surface area contributed by atoms with Crippen molar-refractivity contribution in [1.29, 1.82) is 0 Å². The highest BCUT2D eigenvalue weighted by atomic mass is 16.2. The topological polar surface area (TPSA) is 121 Å². The lowest BCUT2D eigenvalue weighted by Crippen LogP contribution is -2.39. The van der Waals surface area contributed by atoms with Gasteiger partial charge in [0.05, 0.1) is 11.3 Å². The third kappa shape index (κ3) is 2.86. The first-order valence-electron chi connectivity index (χ1n) is 9.01. The highest BCUT2D eigenvalue weighted by molar-refractivity contribution is 5.95. The lowest BCUT2D eigenvalue weighted by Gasteiger charge is -2.31. The van der Waals surface area contributed by atoms with Crippen LogP contribution in [0.2, 0.25) is 0 Å². The first kappa shape index (κ1) is 17.3. The maximum absolute atomic E-state index is 12.9. The molecule has 4 rings (SSSR count). The standard InChI is InChI=1S/C17H21N7O3/c1-3-23-15(19-20-17(23)27)11-4-6-22(7-5-11)16(26)12-9-18-13-8-14(25)21-24(13)10(12)2/h8-9,11H,3-7H2,1-2H3,(H,20,27)(H,21,25). The van der Waals surface area contributed by atoms with E-state index in [-0.39, 0.29) is 23.1 Å². The zero-order chi connectivity index (χ0) is 19.1. The SMILES string of the molecule is CCn1c(C2CCN(C(=O)c3cnc4cc(=O)[nH]n4c3C)CC2)n[nH]c1=O. The van der Waals surface area contributed by atoms with E-state index >= 15 is 0 Å². The molecule has 2 N–H and O–H groups in total. The van der Waals surface area contributed by atoms with Crippen LogP contribution in [0.1, 0.15) is 47.6 Å². The molecule has 27 heavy (non-hydrogen) atoms. The van der Waals surface area contributed by atoms with Crippen molar-refractivity contribution in [3.63, 3.8) is 0 Å². The number of nitrogens with one attached hydrogen (secondary N) is 2. The molecular weight excluding hydrogens is 350 g/mol. The minimum Gasteiger partial charge on any atom is -0.338 e. The second-order valence-corrected chi connectivity index (χ2v) is 6.77. The molecule has 3 aromatic heterocycles. The smallest absolute Gasteiger partial charge is 0.338 e. The van der Waals surface area contributed by atoms with Crippen LogP contribution in [-0.2, 0) is 6.54 Å². The monoisotopic (exact) mass is 371 g/mol. The second-order valence-electron chi connectivity index (χ2n) is 6.77. The van der Waals surface area contributed by atoms with Gasteiger partial charge in [0, 0.05) is 37.8 Å². The van der Waals surface area contributed by atoms with Crippen LogP contribution in [0.15, 0.2) is 21.9 Å². The Morgan fingerprint density at radius 3 is 2.74 bits per heavy atom. The fraction of sp³-hybridized carbons (Fsp3) is 0.471. The van der Waals surface area contributed by atoms with Gasteiger partial charge in [-0.05, 0) is 26.7 Å². The number of carbonyl (C=O) groups excluding carboxylic acids is 1. The van der Waals surface area contributed by atoms with Gasteiger partial charge in [-0.2, -0.15) is 5.10 Å². The van der Waals surface area contributed by atoms with Gasteiger partial charge in [0.15, 0.2) is 5.65 Å². The predicted molar refractivity (Wildman–Crippen MR) is 96.9 cm³/mol. The van der Waals surface area contributed by atoms with Crippen molar-refractivity contribution in [3.8, 4) is 0 Å². The van der Waals surface area contributed by atoms with Crippen LogP contribution in [-0.4, -0.2) is 53.3 Å². The highest BCUT2D eigenvalue weighted by Gasteiger charge is 2.29. The third-order valence-corrected chi connectivity index (χ3v) is 5.24. The van der Waals surface area contributed by atoms with Crippen LogP contribution in [0.4, 0.5) is 0 Å². The first-order chi connectivity index (χ1) is 13.0. The second kappa shape index (κ2) is 6.53. The molecular formula is C17H21N7O3. The third-order valence-electron chi connectivity index (χ3n) is 5.24. The largest absolute Gasteiger partial charge is 0.343 e. The van der Waals surface area contributed by atoms with Crippen LogP contribution in [0.5, 0.6) is 0 Å². The summed E-state index contributed by atoms with van der Waals surface area (Å²) in [5.41, 5.74) is 1.17. The summed E-state index contributed by atoms with van der Waals surface area (Å²) in [6, 6.07) is 1.39. The molecule has 142 valence electrons. The summed E-state index contributed by atoms with van der Waals surface area (Å²) in [6.45, 7) is 5.43. The molecule has 10 heteroatoms. The number of nitrogens with zero attached hydrogens (tertiary/aromatic N) is 5. The predicted octanol–water partition coefficient (Wildman–Crippen LogP) is 0.256. The van der Waals surface area contributed by atoms with E-state index in [1.807, 2.05) is 6.92 Å². The number of aryl methyl sites for hydroxylation is 1. The van der Waals surface area contributed by atoms with Crippen molar-refractivity contribution in [3.05, 3.63) is 50.2 Å². The number of hydrogen-bond donors (Lipinski definition) is 2. The summed E-state index contributed by atoms with van der Waals surface area (Å²) in [7, 11) is 0. The zero-order valence-electron chi connectivity index (χ0n) is 15.2. The summed E-state index contributed by atoms with van der Waals surface area (Å²) in [5.74, 6) is 0.805. The molecule has 1 saturated heterocycles. The number of hydrogen-bond acceptors (Lipinski definition) is 5. The molecule has 0 unspecified atom stereocenters. The Morgan fingerprint density at radius 1 is 1.30 bits per heavy atom. The molecule has 1 amide bonds. The summed E-state index contributed by atoms with van der Waals surface area (Å²) in [4.78, 5) is 42.2. The average Bonchev–Trinajstić information content (AvgIpc) is 3.24. The van der Waals surface area contributed by atoms with Gasteiger partial charge in [0.2, 0.25) is 0 Å². The molecule has 3 aromatic rings. The Kier molecular flexibility index (Phi) is 4.17. The Balaban J connectivity index is 1.53. The molecule has 0 saturated carbocycles. The van der Waals surface area contributed by atoms with Crippen LogP contribution in [0.3, 0.4) is 0 Å². The lowest BCUT2D eigenvalue weighted by molar-refractivity contribution is 0.0708. The van der Waals surface area contributed by atoms with Crippen molar-refractivity contribution in [2.75, 3.05) is 13.1 Å². The van der Waals surface area contributed by atoms with E-state index in [0.717, 1.165) is 18.7 Å². The van der Waals surface area contributed by atoms with Gasteiger partial charge < -0.3 is 4.90 Å². The number of amides is 1. The maximum Gasteiger partial charge on any atom is 0.343 e. The molecule has 1 fully saturated rings. The van der Waals surface area contributed by atoms with Crippen molar-refractivity contribution in [1.82, 2.24) is 34.3 Å². The Labute approximate surface area is 153 Å². The van der Waals surface area contributed by atoms with E-state index in [2.05, 4.69) is 20.3 Å². The minimum absolute atomic E-state index is 0.107. The van der Waals surface area contributed by atoms with Crippen LogP contribution >= 0.6 is 0 Å². The molecule has 1 aliphatic rings. The maximum atomic E-state index is 12.9. The fourth-order valence-corrected chi connectivity index (χ4v) is 3.75. The van der Waals surface area contributed by atoms with Crippen molar-refractivity contribution < 1.29 is 4.79 Å². The van der Waals surface area contributed by atoms with Gasteiger partial charge in [-0.25, -0.2) is 19.4 Å². The van der Waals surface area contributed by atoms with Gasteiger partial charge in [0.25, 0.3) is 11.5 Å². The number of H-pyrrole nitrogens is 2. The summed E-state index contributed by atoms with van der Waals surface area (Å²) >= 11 is 0. The molecule has 0 radical (unpaired) electrons. The molecule has 0 bridgehead atoms. The lowest BCUT2D eigenvalue weighted by atomic mass is 9.95. The average molecular weight is 371 g/mol. The van der Waals surface area contributed by atoms with Crippen LogP contribution in [0.25, 0.3) is 5.65 Å². The van der Waals surface area contributed by atoms with E-state index in [1.54, 1.807) is 16.4 Å². The Hall–Kier alpha value is -3.17. The molecule has 4 heterocycles. The highest BCUT2D eigenvalue weighted by Crippen LogP contribution is 2.27. The molecule has 0 aliphatic carbocycles. The van der Waals surface area contributed by atoms with E-state index in [0.29, 0.717) is 36.5 Å². The molecule has 0 aromatic carbocycles. The molecule has 10 nitrogen and oxygen atoms in total. The number of likely N-dealkylation sites (tertiary alicyclic amines) is 1. The number of aromatic nitrogens is 6. The zero-order valence-corrected chi connectivity index (χ0v) is 15.2. The van der Waals surface area contributed by atoms with E-state index < -0.39 is 0 Å². The fourth-order valence-electron chi connectivity index (χ4n) is 3.75. The summed E-state index contributed by atoms with van der Waals surface area (Å²) in [6.07, 6.45) is 3.01. The first-order valence-corrected chi connectivity index (χ1v) is 9.01. The van der Waals surface area contributed by atoms with Crippen LogP contribution in [0, 0.1) is 6.92 Å². The van der Waals surface area contributed by atoms with Gasteiger partial charge in [-0.15, -0.1) is 0 Å². The van der Waals surface area contributed by atoms with Gasteiger partial charge in [-0.3, -0.25) is 19.3 Å². The van der Waals surface area contributed by atoms with Crippen molar-refractivity contribution in [2.24, 2.45) is 0 Å². The van der Waals surface area contributed by atoms with Gasteiger partial charge in [0.1, 0.15) is 5.82 Å². The normalized spacial score (nSPS) is 15.6.